The summed E-state index contributed by atoms with van der Waals surface area (Å²) < 4.78 is 0. The normalized spacial score (nSPS) is 31.5. The van der Waals surface area contributed by atoms with Gasteiger partial charge in [0, 0.05) is 11.5 Å². The predicted molar refractivity (Wildman–Crippen MR) is 119 cm³/mol. The van der Waals surface area contributed by atoms with Crippen LogP contribution in [0.25, 0.3) is 0 Å². The van der Waals surface area contributed by atoms with E-state index in [1.165, 1.54) is 19.3 Å². The van der Waals surface area contributed by atoms with Crippen LogP contribution in [0, 0.1) is 28.1 Å². The number of aliphatic hydroxyl groups is 1. The summed E-state index contributed by atoms with van der Waals surface area (Å²) in [7, 11) is 0. The van der Waals surface area contributed by atoms with Gasteiger partial charge in [0.1, 0.15) is 5.76 Å². The summed E-state index contributed by atoms with van der Waals surface area (Å²) in [5.41, 5.74) is 3.40. The molecule has 0 aromatic carbocycles. The van der Waals surface area contributed by atoms with Crippen LogP contribution < -0.4 is 0 Å². The van der Waals surface area contributed by atoms with E-state index in [0.717, 1.165) is 48.3 Å². The number of aliphatic carboxylic acids is 1. The van der Waals surface area contributed by atoms with Gasteiger partial charge in [-0.15, -0.1) is 0 Å². The van der Waals surface area contributed by atoms with Crippen LogP contribution >= 0.6 is 0 Å². The standard InChI is InChI=1S/C26H40O3/c1-16(23(28)29)21(26-11-8-17(9-12-26)10-13-26)18-14-19(24(2,3)4)22(27)20(15-18)25(5,6)7/h14,17-18,27H,8-13,15H2,1-7H3,(H,28,29). The molecule has 0 aromatic heterocycles. The van der Waals surface area contributed by atoms with Gasteiger partial charge in [0.25, 0.3) is 0 Å². The minimum atomic E-state index is -0.788. The lowest BCUT2D eigenvalue weighted by Crippen LogP contribution is -2.39. The molecule has 0 aromatic rings. The molecule has 4 rings (SSSR count). The van der Waals surface area contributed by atoms with Gasteiger partial charge in [-0.2, -0.15) is 0 Å². The highest BCUT2D eigenvalue weighted by molar-refractivity contribution is 5.87. The zero-order valence-electron chi connectivity index (χ0n) is 19.5. The molecular weight excluding hydrogens is 360 g/mol. The van der Waals surface area contributed by atoms with Gasteiger partial charge in [0.15, 0.2) is 0 Å². The third-order valence-corrected chi connectivity index (χ3v) is 7.81. The van der Waals surface area contributed by atoms with Gasteiger partial charge in [0.2, 0.25) is 0 Å². The molecule has 3 fully saturated rings. The van der Waals surface area contributed by atoms with E-state index in [9.17, 15) is 15.0 Å². The summed E-state index contributed by atoms with van der Waals surface area (Å²) in [6.45, 7) is 14.7. The summed E-state index contributed by atoms with van der Waals surface area (Å²) in [5.74, 6) is 0.534. The average Bonchev–Trinajstić information content (AvgIpc) is 2.62. The van der Waals surface area contributed by atoms with Gasteiger partial charge in [-0.05, 0) is 90.8 Å². The summed E-state index contributed by atoms with van der Waals surface area (Å²) in [5, 5.41) is 21.2. The number of allylic oxidation sites excluding steroid dienone is 4. The van der Waals surface area contributed by atoms with Crippen molar-refractivity contribution in [3.05, 3.63) is 34.1 Å². The molecule has 2 N–H and O–H groups in total. The number of carbonyl (C=O) groups is 1. The summed E-state index contributed by atoms with van der Waals surface area (Å²) >= 11 is 0. The summed E-state index contributed by atoms with van der Waals surface area (Å²) in [6, 6.07) is 0. The molecule has 3 heteroatoms. The van der Waals surface area contributed by atoms with Crippen molar-refractivity contribution in [2.24, 2.45) is 28.1 Å². The Kier molecular flexibility index (Phi) is 5.60. The van der Waals surface area contributed by atoms with Crippen LogP contribution in [0.4, 0.5) is 0 Å². The van der Waals surface area contributed by atoms with Gasteiger partial charge in [-0.3, -0.25) is 0 Å². The Morgan fingerprint density at radius 1 is 1.00 bits per heavy atom. The molecule has 0 radical (unpaired) electrons. The fourth-order valence-corrected chi connectivity index (χ4v) is 6.11. The number of carboxylic acids is 1. The number of hydrogen-bond acceptors (Lipinski definition) is 2. The predicted octanol–water partition coefficient (Wildman–Crippen LogP) is 7.21. The van der Waals surface area contributed by atoms with Crippen LogP contribution in [0.1, 0.15) is 93.4 Å². The smallest absolute Gasteiger partial charge is 0.331 e. The molecule has 3 saturated carbocycles. The van der Waals surface area contributed by atoms with Gasteiger partial charge < -0.3 is 10.2 Å². The Morgan fingerprint density at radius 2 is 1.52 bits per heavy atom. The third-order valence-electron chi connectivity index (χ3n) is 7.81. The van der Waals surface area contributed by atoms with E-state index in [0.29, 0.717) is 11.3 Å². The maximum Gasteiger partial charge on any atom is 0.331 e. The third kappa shape index (κ3) is 4.07. The zero-order chi connectivity index (χ0) is 21.8. The lowest BCUT2D eigenvalue weighted by Gasteiger charge is -2.51. The summed E-state index contributed by atoms with van der Waals surface area (Å²) in [4.78, 5) is 12.2. The second kappa shape index (κ2) is 7.32. The van der Waals surface area contributed by atoms with Crippen LogP contribution in [-0.4, -0.2) is 16.2 Å². The molecule has 0 spiro atoms. The van der Waals surface area contributed by atoms with Crippen molar-refractivity contribution < 1.29 is 15.0 Å². The minimum absolute atomic E-state index is 0.0251. The topological polar surface area (TPSA) is 57.5 Å². The number of hydrogen-bond donors (Lipinski definition) is 2. The van der Waals surface area contributed by atoms with Gasteiger partial charge in [-0.25, -0.2) is 4.79 Å². The molecule has 4 aliphatic carbocycles. The quantitative estimate of drug-likeness (QED) is 0.492. The number of carboxylic acid groups (broad SMARTS) is 1. The Labute approximate surface area is 177 Å². The fraction of sp³-hybridized carbons (Fsp3) is 0.731. The van der Waals surface area contributed by atoms with Crippen molar-refractivity contribution in [3.63, 3.8) is 0 Å². The first-order valence-electron chi connectivity index (χ1n) is 11.4. The van der Waals surface area contributed by atoms with Crippen LogP contribution in [0.15, 0.2) is 34.1 Å². The molecule has 1 atom stereocenters. The van der Waals surface area contributed by atoms with E-state index in [2.05, 4.69) is 47.6 Å². The first kappa shape index (κ1) is 22.2. The highest BCUT2D eigenvalue weighted by atomic mass is 16.4. The SMILES string of the molecule is CC(C(=O)O)=C(C1C=C(C(C)(C)C)C(O)=C(C(C)(C)C)C1)C12CCC(CC1)CC2. The molecule has 2 bridgehead atoms. The van der Waals surface area contributed by atoms with Crippen molar-refractivity contribution in [1.82, 2.24) is 0 Å². The van der Waals surface area contributed by atoms with Gasteiger partial charge >= 0.3 is 5.97 Å². The molecule has 29 heavy (non-hydrogen) atoms. The average molecular weight is 401 g/mol. The van der Waals surface area contributed by atoms with Gasteiger partial charge in [-0.1, -0.05) is 47.6 Å². The first-order chi connectivity index (χ1) is 13.3. The van der Waals surface area contributed by atoms with E-state index in [1.807, 2.05) is 6.92 Å². The van der Waals surface area contributed by atoms with E-state index in [1.54, 1.807) is 0 Å². The van der Waals surface area contributed by atoms with E-state index < -0.39 is 5.97 Å². The Morgan fingerprint density at radius 3 is 1.93 bits per heavy atom. The Bertz CT molecular complexity index is 758. The molecule has 0 saturated heterocycles. The Hall–Kier alpha value is -1.51. The molecule has 3 nitrogen and oxygen atoms in total. The molecule has 0 heterocycles. The maximum atomic E-state index is 12.2. The molecule has 0 amide bonds. The van der Waals surface area contributed by atoms with Gasteiger partial charge in [0.05, 0.1) is 0 Å². The second-order valence-corrected chi connectivity index (χ2v) is 11.8. The second-order valence-electron chi connectivity index (χ2n) is 11.8. The molecule has 4 aliphatic rings. The highest BCUT2D eigenvalue weighted by Gasteiger charge is 2.47. The lowest BCUT2D eigenvalue weighted by atomic mass is 9.54. The molecule has 0 aliphatic heterocycles. The highest BCUT2D eigenvalue weighted by Crippen LogP contribution is 2.59. The fourth-order valence-electron chi connectivity index (χ4n) is 6.11. The number of aliphatic hydroxyl groups excluding tert-OH is 1. The van der Waals surface area contributed by atoms with Crippen molar-refractivity contribution in [2.45, 2.75) is 93.4 Å². The van der Waals surface area contributed by atoms with Crippen LogP contribution in [-0.2, 0) is 4.79 Å². The molecular formula is C26H40O3. The van der Waals surface area contributed by atoms with Crippen LogP contribution in [0.5, 0.6) is 0 Å². The largest absolute Gasteiger partial charge is 0.508 e. The minimum Gasteiger partial charge on any atom is -0.508 e. The van der Waals surface area contributed by atoms with Crippen LogP contribution in [0.2, 0.25) is 0 Å². The maximum absolute atomic E-state index is 12.2. The first-order valence-corrected chi connectivity index (χ1v) is 11.4. The number of rotatable bonds is 3. The van der Waals surface area contributed by atoms with Crippen LogP contribution in [0.3, 0.4) is 0 Å². The molecule has 162 valence electrons. The van der Waals surface area contributed by atoms with Crippen molar-refractivity contribution >= 4 is 5.97 Å². The van der Waals surface area contributed by atoms with E-state index in [4.69, 9.17) is 0 Å². The number of fused-ring (bicyclic) bond motifs is 3. The summed E-state index contributed by atoms with van der Waals surface area (Å²) in [6.07, 6.45) is 9.97. The van der Waals surface area contributed by atoms with Crippen molar-refractivity contribution in [2.75, 3.05) is 0 Å². The van der Waals surface area contributed by atoms with Crippen molar-refractivity contribution in [3.8, 4) is 0 Å². The lowest BCUT2D eigenvalue weighted by molar-refractivity contribution is -0.132. The van der Waals surface area contributed by atoms with E-state index in [-0.39, 0.29) is 22.2 Å². The van der Waals surface area contributed by atoms with E-state index >= 15 is 0 Å². The van der Waals surface area contributed by atoms with Crippen molar-refractivity contribution in [1.29, 1.82) is 0 Å². The monoisotopic (exact) mass is 400 g/mol. The Balaban J connectivity index is 2.17. The zero-order valence-corrected chi connectivity index (χ0v) is 19.5. The molecule has 1 unspecified atom stereocenters.